The quantitative estimate of drug-likeness (QED) is 0.199. The minimum atomic E-state index is -0.201. The highest BCUT2D eigenvalue weighted by molar-refractivity contribution is 7.99. The lowest BCUT2D eigenvalue weighted by atomic mass is 10.1. The average Bonchev–Trinajstić information content (AvgIpc) is 3.15. The molecule has 0 saturated heterocycles. The van der Waals surface area contributed by atoms with Crippen LogP contribution < -0.4 is 5.43 Å². The van der Waals surface area contributed by atoms with Crippen LogP contribution in [0.5, 0.6) is 0 Å². The van der Waals surface area contributed by atoms with Gasteiger partial charge in [-0.2, -0.15) is 5.10 Å². The van der Waals surface area contributed by atoms with Crippen LogP contribution in [0, 0.1) is 0 Å². The fraction of sp³-hybridized carbons (Fsp3) is 0.125. The van der Waals surface area contributed by atoms with Crippen molar-refractivity contribution >= 4 is 57.6 Å². The second-order valence-corrected chi connectivity index (χ2v) is 8.94. The molecule has 0 aliphatic heterocycles. The number of para-hydroxylation sites is 2. The molecule has 1 heterocycles. The van der Waals surface area contributed by atoms with Crippen molar-refractivity contribution in [1.82, 2.24) is 15.0 Å². The summed E-state index contributed by atoms with van der Waals surface area (Å²) in [7, 11) is 0. The summed E-state index contributed by atoms with van der Waals surface area (Å²) >= 11 is 13.3. The number of carbonyl (C=O) groups excluding carboxylic acids is 1. The van der Waals surface area contributed by atoms with Gasteiger partial charge in [0.05, 0.1) is 29.0 Å². The number of imidazole rings is 1. The lowest BCUT2D eigenvalue weighted by molar-refractivity contribution is -0.118. The molecule has 1 aromatic heterocycles. The Balaban J connectivity index is 1.46. The van der Waals surface area contributed by atoms with Gasteiger partial charge in [0.25, 0.3) is 5.91 Å². The highest BCUT2D eigenvalue weighted by Gasteiger charge is 2.13. The Morgan fingerprint density at radius 1 is 1.00 bits per heavy atom. The first-order chi connectivity index (χ1) is 15.5. The normalized spacial score (nSPS) is 11.7. The molecular formula is C24H20Cl2N4OS. The van der Waals surface area contributed by atoms with Gasteiger partial charge in [-0.05, 0) is 54.4 Å². The largest absolute Gasteiger partial charge is 0.314 e. The van der Waals surface area contributed by atoms with Crippen LogP contribution in [-0.4, -0.2) is 26.9 Å². The van der Waals surface area contributed by atoms with E-state index in [4.69, 9.17) is 28.2 Å². The van der Waals surface area contributed by atoms with Gasteiger partial charge in [0.1, 0.15) is 0 Å². The number of rotatable bonds is 7. The Labute approximate surface area is 200 Å². The van der Waals surface area contributed by atoms with Gasteiger partial charge in [-0.15, -0.1) is 0 Å². The third-order valence-corrected chi connectivity index (χ3v) is 6.30. The molecule has 1 N–H and O–H groups in total. The molecule has 0 saturated carbocycles. The van der Waals surface area contributed by atoms with Crippen LogP contribution in [0.1, 0.15) is 18.1 Å². The maximum Gasteiger partial charge on any atom is 0.250 e. The third-order valence-electron chi connectivity index (χ3n) is 4.82. The first-order valence-corrected chi connectivity index (χ1v) is 11.7. The summed E-state index contributed by atoms with van der Waals surface area (Å²) in [5, 5.41) is 6.33. The molecule has 0 bridgehead atoms. The molecule has 0 atom stereocenters. The van der Waals surface area contributed by atoms with Crippen molar-refractivity contribution in [2.45, 2.75) is 18.6 Å². The number of hydrogen-bond acceptors (Lipinski definition) is 4. The maximum atomic E-state index is 12.4. The molecule has 0 unspecified atom stereocenters. The minimum Gasteiger partial charge on any atom is -0.314 e. The number of carbonyl (C=O) groups is 1. The summed E-state index contributed by atoms with van der Waals surface area (Å²) in [5.74, 6) is -0.00477. The van der Waals surface area contributed by atoms with Crippen molar-refractivity contribution in [1.29, 1.82) is 0 Å². The topological polar surface area (TPSA) is 59.3 Å². The van der Waals surface area contributed by atoms with Gasteiger partial charge in [-0.1, -0.05) is 71.4 Å². The Hall–Kier alpha value is -2.80. The Bertz CT molecular complexity index is 1270. The van der Waals surface area contributed by atoms with E-state index in [1.54, 1.807) is 12.1 Å². The van der Waals surface area contributed by atoms with Crippen LogP contribution in [0.15, 0.2) is 83.1 Å². The molecule has 32 heavy (non-hydrogen) atoms. The molecule has 0 spiro atoms. The van der Waals surface area contributed by atoms with Crippen molar-refractivity contribution in [3.05, 3.63) is 94.0 Å². The number of nitrogens with one attached hydrogen (secondary N) is 1. The Morgan fingerprint density at radius 2 is 1.66 bits per heavy atom. The summed E-state index contributed by atoms with van der Waals surface area (Å²) in [5.41, 5.74) is 7.23. The first-order valence-electron chi connectivity index (χ1n) is 9.91. The van der Waals surface area contributed by atoms with Crippen LogP contribution in [0.3, 0.4) is 0 Å². The molecule has 5 nitrogen and oxygen atoms in total. The molecule has 1 amide bonds. The molecule has 8 heteroatoms. The number of nitrogens with zero attached hydrogens (tertiary/aromatic N) is 3. The van der Waals surface area contributed by atoms with Gasteiger partial charge in [0.2, 0.25) is 0 Å². The van der Waals surface area contributed by atoms with E-state index >= 15 is 0 Å². The van der Waals surface area contributed by atoms with Crippen molar-refractivity contribution in [3.63, 3.8) is 0 Å². The van der Waals surface area contributed by atoms with Crippen LogP contribution in [0.4, 0.5) is 0 Å². The van der Waals surface area contributed by atoms with E-state index in [2.05, 4.69) is 15.1 Å². The van der Waals surface area contributed by atoms with Crippen LogP contribution in [0.2, 0.25) is 10.0 Å². The van der Waals surface area contributed by atoms with Crippen LogP contribution in [0.25, 0.3) is 11.0 Å². The lowest BCUT2D eigenvalue weighted by Crippen LogP contribution is -2.21. The minimum absolute atomic E-state index is 0.196. The molecule has 0 radical (unpaired) electrons. The second kappa shape index (κ2) is 10.2. The van der Waals surface area contributed by atoms with Gasteiger partial charge in [-0.3, -0.25) is 4.79 Å². The monoisotopic (exact) mass is 482 g/mol. The molecule has 0 aliphatic carbocycles. The fourth-order valence-corrected chi connectivity index (χ4v) is 4.21. The van der Waals surface area contributed by atoms with Crippen LogP contribution >= 0.6 is 35.0 Å². The number of halogens is 2. The van der Waals surface area contributed by atoms with Gasteiger partial charge in [-0.25, -0.2) is 10.4 Å². The highest BCUT2D eigenvalue weighted by Crippen LogP contribution is 2.25. The van der Waals surface area contributed by atoms with Gasteiger partial charge in [0.15, 0.2) is 5.16 Å². The van der Waals surface area contributed by atoms with Gasteiger partial charge >= 0.3 is 0 Å². The van der Waals surface area contributed by atoms with E-state index < -0.39 is 0 Å². The van der Waals surface area contributed by atoms with E-state index in [1.807, 2.05) is 67.6 Å². The molecular weight excluding hydrogens is 463 g/mol. The molecule has 4 rings (SSSR count). The summed E-state index contributed by atoms with van der Waals surface area (Å²) in [6, 6.07) is 23.0. The van der Waals surface area contributed by atoms with Crippen molar-refractivity contribution in [3.8, 4) is 0 Å². The molecule has 3 aromatic carbocycles. The number of hydrogen-bond donors (Lipinski definition) is 1. The lowest BCUT2D eigenvalue weighted by Gasteiger charge is -2.09. The van der Waals surface area contributed by atoms with E-state index in [-0.39, 0.29) is 11.7 Å². The Kier molecular flexibility index (Phi) is 7.15. The molecule has 4 aromatic rings. The molecule has 162 valence electrons. The number of aromatic nitrogens is 2. The van der Waals surface area contributed by atoms with E-state index in [0.717, 1.165) is 27.3 Å². The smallest absolute Gasteiger partial charge is 0.250 e. The standard InChI is InChI=1S/C24H20Cl2N4OS/c1-16(18-8-12-20(26)13-9-18)28-29-23(31)15-32-24-27-21-4-2-3-5-22(21)30(24)14-17-6-10-19(25)11-7-17/h2-13H,14-15H2,1H3,(H,29,31)/b28-16+. The Morgan fingerprint density at radius 3 is 2.38 bits per heavy atom. The maximum absolute atomic E-state index is 12.4. The van der Waals surface area contributed by atoms with Crippen molar-refractivity contribution in [2.75, 3.05) is 5.75 Å². The summed E-state index contributed by atoms with van der Waals surface area (Å²) in [6.45, 7) is 2.47. The van der Waals surface area contributed by atoms with Crippen LogP contribution in [-0.2, 0) is 11.3 Å². The van der Waals surface area contributed by atoms with Gasteiger partial charge < -0.3 is 4.57 Å². The predicted molar refractivity (Wildman–Crippen MR) is 133 cm³/mol. The summed E-state index contributed by atoms with van der Waals surface area (Å²) < 4.78 is 2.11. The molecule has 0 fully saturated rings. The predicted octanol–water partition coefficient (Wildman–Crippen LogP) is 6.02. The SMILES string of the molecule is C/C(=N\NC(=O)CSc1nc2ccccc2n1Cc1ccc(Cl)cc1)c1ccc(Cl)cc1. The highest BCUT2D eigenvalue weighted by atomic mass is 35.5. The van der Waals surface area contributed by atoms with Crippen molar-refractivity contribution in [2.24, 2.45) is 5.10 Å². The average molecular weight is 483 g/mol. The van der Waals surface area contributed by atoms with E-state index in [9.17, 15) is 4.79 Å². The summed E-state index contributed by atoms with van der Waals surface area (Å²) in [4.78, 5) is 17.1. The second-order valence-electron chi connectivity index (χ2n) is 7.12. The zero-order chi connectivity index (χ0) is 22.5. The van der Waals surface area contributed by atoms with Crippen molar-refractivity contribution < 1.29 is 4.79 Å². The summed E-state index contributed by atoms with van der Waals surface area (Å²) in [6.07, 6.45) is 0. The first kappa shape index (κ1) is 22.4. The molecule has 0 aliphatic rings. The van der Waals surface area contributed by atoms with E-state index in [0.29, 0.717) is 22.3 Å². The number of benzene rings is 3. The zero-order valence-electron chi connectivity index (χ0n) is 17.3. The number of fused-ring (bicyclic) bond motifs is 1. The number of amides is 1. The number of thioether (sulfide) groups is 1. The third kappa shape index (κ3) is 5.51. The zero-order valence-corrected chi connectivity index (χ0v) is 19.6. The fourth-order valence-electron chi connectivity index (χ4n) is 3.15. The van der Waals surface area contributed by atoms with E-state index in [1.165, 1.54) is 11.8 Å². The van der Waals surface area contributed by atoms with Gasteiger partial charge in [0, 0.05) is 10.0 Å². The number of hydrazone groups is 1.